The van der Waals surface area contributed by atoms with Gasteiger partial charge in [0.05, 0.1) is 0 Å². The van der Waals surface area contributed by atoms with Crippen molar-refractivity contribution >= 4 is 17.2 Å². The van der Waals surface area contributed by atoms with Crippen LogP contribution in [-0.2, 0) is 10.2 Å². The minimum Gasteiger partial charge on any atom is -0.355 e. The number of carbonyl (C=O) groups excluding carboxylic acids is 1. The summed E-state index contributed by atoms with van der Waals surface area (Å²) in [4.78, 5) is 13.2. The first kappa shape index (κ1) is 14.5. The predicted octanol–water partition coefficient (Wildman–Crippen LogP) is 2.53. The molecule has 1 unspecified atom stereocenters. The van der Waals surface area contributed by atoms with E-state index >= 15 is 0 Å². The van der Waals surface area contributed by atoms with Gasteiger partial charge in [-0.05, 0) is 43.3 Å². The van der Waals surface area contributed by atoms with E-state index in [1.54, 1.807) is 11.3 Å². The maximum absolute atomic E-state index is 11.9. The Bertz CT molecular complexity index is 394. The molecule has 1 aliphatic rings. The zero-order valence-corrected chi connectivity index (χ0v) is 12.7. The van der Waals surface area contributed by atoms with E-state index < -0.39 is 0 Å². The molecule has 4 heteroatoms. The Labute approximate surface area is 119 Å². The van der Waals surface area contributed by atoms with Crippen LogP contribution in [0.1, 0.15) is 38.0 Å². The first-order valence-electron chi connectivity index (χ1n) is 7.09. The maximum atomic E-state index is 11.9. The van der Waals surface area contributed by atoms with Crippen molar-refractivity contribution in [1.29, 1.82) is 0 Å². The van der Waals surface area contributed by atoms with Gasteiger partial charge < -0.3 is 10.6 Å². The van der Waals surface area contributed by atoms with Crippen molar-refractivity contribution in [1.82, 2.24) is 10.6 Å². The van der Waals surface area contributed by atoms with Crippen LogP contribution in [0.2, 0.25) is 0 Å². The fourth-order valence-corrected chi connectivity index (χ4v) is 3.31. The fraction of sp³-hybridized carbons (Fsp3) is 0.667. The number of hydrogen-bond donors (Lipinski definition) is 2. The average molecular weight is 280 g/mol. The molecule has 3 nitrogen and oxygen atoms in total. The van der Waals surface area contributed by atoms with Crippen molar-refractivity contribution in [3.8, 4) is 0 Å². The van der Waals surface area contributed by atoms with Crippen molar-refractivity contribution in [2.75, 3.05) is 19.6 Å². The van der Waals surface area contributed by atoms with Crippen LogP contribution in [0.5, 0.6) is 0 Å². The molecule has 1 atom stereocenters. The molecule has 0 aromatic carbocycles. The molecule has 0 saturated carbocycles. The molecule has 0 radical (unpaired) electrons. The summed E-state index contributed by atoms with van der Waals surface area (Å²) in [5, 5.41) is 8.51. The highest BCUT2D eigenvalue weighted by molar-refractivity contribution is 7.10. The van der Waals surface area contributed by atoms with E-state index in [9.17, 15) is 4.79 Å². The van der Waals surface area contributed by atoms with Gasteiger partial charge in [0.15, 0.2) is 0 Å². The molecular formula is C15H24N2OS. The highest BCUT2D eigenvalue weighted by Gasteiger charge is 2.22. The Morgan fingerprint density at radius 2 is 2.42 bits per heavy atom. The molecule has 106 valence electrons. The van der Waals surface area contributed by atoms with Gasteiger partial charge >= 0.3 is 0 Å². The van der Waals surface area contributed by atoms with Gasteiger partial charge in [0, 0.05) is 23.3 Å². The summed E-state index contributed by atoms with van der Waals surface area (Å²) in [6, 6.07) is 4.21. The average Bonchev–Trinajstić information content (AvgIpc) is 3.06. The SMILES string of the molecule is CC(C)(CNC(=O)CCC1CCNC1)c1cccs1. The van der Waals surface area contributed by atoms with Crippen molar-refractivity contribution in [3.05, 3.63) is 22.4 Å². The molecule has 0 aliphatic carbocycles. The van der Waals surface area contributed by atoms with Crippen LogP contribution in [0.4, 0.5) is 0 Å². The normalized spacial score (nSPS) is 19.6. The summed E-state index contributed by atoms with van der Waals surface area (Å²) in [5.74, 6) is 0.882. The number of hydrogen-bond acceptors (Lipinski definition) is 3. The molecule has 0 bridgehead atoms. The Balaban J connectivity index is 1.70. The number of amides is 1. The Kier molecular flexibility index (Phi) is 4.99. The van der Waals surface area contributed by atoms with Crippen molar-refractivity contribution < 1.29 is 4.79 Å². The molecule has 2 N–H and O–H groups in total. The Hall–Kier alpha value is -0.870. The molecular weight excluding hydrogens is 256 g/mol. The second-order valence-corrected chi connectivity index (χ2v) is 6.98. The number of rotatable bonds is 6. The van der Waals surface area contributed by atoms with Gasteiger partial charge in [-0.1, -0.05) is 19.9 Å². The van der Waals surface area contributed by atoms with Crippen LogP contribution in [0.15, 0.2) is 17.5 Å². The second kappa shape index (κ2) is 6.53. The van der Waals surface area contributed by atoms with E-state index in [1.165, 1.54) is 11.3 Å². The van der Waals surface area contributed by atoms with Gasteiger partial charge in [0.1, 0.15) is 0 Å². The number of thiophene rings is 1. The molecule has 1 saturated heterocycles. The van der Waals surface area contributed by atoms with E-state index in [0.717, 1.165) is 26.1 Å². The minimum absolute atomic E-state index is 0.0265. The summed E-state index contributed by atoms with van der Waals surface area (Å²) in [6.07, 6.45) is 2.89. The van der Waals surface area contributed by atoms with Crippen LogP contribution in [0.3, 0.4) is 0 Å². The lowest BCUT2D eigenvalue weighted by molar-refractivity contribution is -0.121. The van der Waals surface area contributed by atoms with Gasteiger partial charge in [-0.3, -0.25) is 4.79 Å². The van der Waals surface area contributed by atoms with Gasteiger partial charge in [-0.15, -0.1) is 11.3 Å². The number of nitrogens with one attached hydrogen (secondary N) is 2. The molecule has 1 aliphatic heterocycles. The molecule has 1 aromatic rings. The van der Waals surface area contributed by atoms with E-state index in [1.807, 2.05) is 0 Å². The standard InChI is InChI=1S/C15H24N2OS/c1-15(2,13-4-3-9-19-13)11-17-14(18)6-5-12-7-8-16-10-12/h3-4,9,12,16H,5-8,10-11H2,1-2H3,(H,17,18). The predicted molar refractivity (Wildman–Crippen MR) is 80.6 cm³/mol. The quantitative estimate of drug-likeness (QED) is 0.841. The Morgan fingerprint density at radius 1 is 1.58 bits per heavy atom. The monoisotopic (exact) mass is 280 g/mol. The largest absolute Gasteiger partial charge is 0.355 e. The topological polar surface area (TPSA) is 41.1 Å². The van der Waals surface area contributed by atoms with Crippen LogP contribution < -0.4 is 10.6 Å². The zero-order valence-electron chi connectivity index (χ0n) is 11.9. The molecule has 2 heterocycles. The summed E-state index contributed by atoms with van der Waals surface area (Å²) in [6.45, 7) is 7.26. The summed E-state index contributed by atoms with van der Waals surface area (Å²) >= 11 is 1.76. The van der Waals surface area contributed by atoms with Crippen molar-refractivity contribution in [3.63, 3.8) is 0 Å². The van der Waals surface area contributed by atoms with Gasteiger partial charge in [0.25, 0.3) is 0 Å². The maximum Gasteiger partial charge on any atom is 0.220 e. The molecule has 1 fully saturated rings. The van der Waals surface area contributed by atoms with E-state index in [-0.39, 0.29) is 11.3 Å². The number of carbonyl (C=O) groups is 1. The molecule has 2 rings (SSSR count). The molecule has 1 aromatic heterocycles. The van der Waals surface area contributed by atoms with E-state index in [0.29, 0.717) is 12.3 Å². The molecule has 0 spiro atoms. The van der Waals surface area contributed by atoms with Crippen LogP contribution >= 0.6 is 11.3 Å². The van der Waals surface area contributed by atoms with Gasteiger partial charge in [0.2, 0.25) is 5.91 Å². The van der Waals surface area contributed by atoms with Crippen LogP contribution in [0, 0.1) is 5.92 Å². The van der Waals surface area contributed by atoms with Gasteiger partial charge in [-0.25, -0.2) is 0 Å². The second-order valence-electron chi connectivity index (χ2n) is 6.04. The third kappa shape index (κ3) is 4.32. The zero-order chi connectivity index (χ0) is 13.7. The lowest BCUT2D eigenvalue weighted by Gasteiger charge is -2.23. The van der Waals surface area contributed by atoms with Crippen LogP contribution in [0.25, 0.3) is 0 Å². The minimum atomic E-state index is 0.0265. The van der Waals surface area contributed by atoms with Crippen molar-refractivity contribution in [2.24, 2.45) is 5.92 Å². The Morgan fingerprint density at radius 3 is 3.05 bits per heavy atom. The van der Waals surface area contributed by atoms with Crippen molar-refractivity contribution in [2.45, 2.75) is 38.5 Å². The summed E-state index contributed by atoms with van der Waals surface area (Å²) in [5.41, 5.74) is 0.0265. The van der Waals surface area contributed by atoms with E-state index in [4.69, 9.17) is 0 Å². The lowest BCUT2D eigenvalue weighted by atomic mass is 9.91. The van der Waals surface area contributed by atoms with Gasteiger partial charge in [-0.2, -0.15) is 0 Å². The highest BCUT2D eigenvalue weighted by Crippen LogP contribution is 2.26. The lowest BCUT2D eigenvalue weighted by Crippen LogP contribution is -2.36. The fourth-order valence-electron chi connectivity index (χ4n) is 2.45. The molecule has 1 amide bonds. The summed E-state index contributed by atoms with van der Waals surface area (Å²) < 4.78 is 0. The first-order valence-corrected chi connectivity index (χ1v) is 7.97. The third-order valence-corrected chi connectivity index (χ3v) is 5.09. The smallest absolute Gasteiger partial charge is 0.220 e. The highest BCUT2D eigenvalue weighted by atomic mass is 32.1. The summed E-state index contributed by atoms with van der Waals surface area (Å²) in [7, 11) is 0. The first-order chi connectivity index (χ1) is 9.08. The molecule has 19 heavy (non-hydrogen) atoms. The third-order valence-electron chi connectivity index (χ3n) is 3.86. The van der Waals surface area contributed by atoms with E-state index in [2.05, 4.69) is 42.0 Å². The van der Waals surface area contributed by atoms with Crippen LogP contribution in [-0.4, -0.2) is 25.5 Å².